The molecule has 0 unspecified atom stereocenters. The molecule has 0 atom stereocenters. The molecule has 0 saturated heterocycles. The van der Waals surface area contributed by atoms with Gasteiger partial charge in [-0.3, -0.25) is 10.0 Å². The lowest BCUT2D eigenvalue weighted by atomic mass is 10.2. The van der Waals surface area contributed by atoms with Gasteiger partial charge in [-0.15, -0.1) is 0 Å². The van der Waals surface area contributed by atoms with Crippen molar-refractivity contribution >= 4 is 5.91 Å². The number of carbonyl (C=O) groups excluding carboxylic acids is 1. The molecule has 68 valence electrons. The maximum Gasteiger partial charge on any atom is 0.224 e. The first kappa shape index (κ1) is 8.07. The van der Waals surface area contributed by atoms with Crippen molar-refractivity contribution in [2.24, 2.45) is 0 Å². The maximum absolute atomic E-state index is 11.1. The number of hydrogen-bond acceptors (Lipinski definition) is 3. The van der Waals surface area contributed by atoms with Crippen molar-refractivity contribution in [1.29, 1.82) is 0 Å². The van der Waals surface area contributed by atoms with Crippen LogP contribution in [0.15, 0.2) is 35.8 Å². The summed E-state index contributed by atoms with van der Waals surface area (Å²) in [5, 5.41) is 10.4. The highest BCUT2D eigenvalue weighted by Gasteiger charge is 2.26. The van der Waals surface area contributed by atoms with E-state index >= 15 is 0 Å². The van der Waals surface area contributed by atoms with E-state index in [1.807, 2.05) is 12.2 Å². The molecule has 0 aromatic carbocycles. The fourth-order valence-corrected chi connectivity index (χ4v) is 1.50. The molecule has 0 fully saturated rings. The first-order valence-electron chi connectivity index (χ1n) is 4.05. The van der Waals surface area contributed by atoms with Gasteiger partial charge >= 0.3 is 0 Å². The predicted molar refractivity (Wildman–Crippen MR) is 46.3 cm³/mol. The van der Waals surface area contributed by atoms with Crippen LogP contribution >= 0.6 is 0 Å². The van der Waals surface area contributed by atoms with Crippen molar-refractivity contribution in [3.63, 3.8) is 0 Å². The fraction of sp³-hybridized carbons (Fsp3) is 0.222. The molecule has 0 aromatic rings. The molecule has 0 radical (unpaired) electrons. The first-order chi connectivity index (χ1) is 6.20. The number of rotatable bonds is 0. The Hall–Kier alpha value is -1.55. The van der Waals surface area contributed by atoms with Gasteiger partial charge in [0.05, 0.1) is 11.4 Å². The molecule has 4 heteroatoms. The van der Waals surface area contributed by atoms with Crippen LogP contribution in [0.1, 0.15) is 6.92 Å². The second-order valence-corrected chi connectivity index (χ2v) is 2.96. The summed E-state index contributed by atoms with van der Waals surface area (Å²) in [6.45, 7) is 2.05. The number of hydrogen-bond donors (Lipinski definition) is 1. The summed E-state index contributed by atoms with van der Waals surface area (Å²) in [4.78, 5) is 12.7. The van der Waals surface area contributed by atoms with Crippen molar-refractivity contribution in [3.8, 4) is 0 Å². The van der Waals surface area contributed by atoms with Crippen molar-refractivity contribution in [2.75, 3.05) is 6.54 Å². The number of nitrogens with zero attached hydrogens (tertiary/aromatic N) is 2. The second-order valence-electron chi connectivity index (χ2n) is 2.96. The summed E-state index contributed by atoms with van der Waals surface area (Å²) in [5.41, 5.74) is 1.44. The van der Waals surface area contributed by atoms with Gasteiger partial charge in [-0.2, -0.15) is 0 Å². The topological polar surface area (TPSA) is 43.8 Å². The van der Waals surface area contributed by atoms with Crippen LogP contribution in [0, 0.1) is 0 Å². The Morgan fingerprint density at radius 2 is 2.31 bits per heavy atom. The molecule has 2 rings (SSSR count). The molecule has 0 spiro atoms. The number of fused-ring (bicyclic) bond motifs is 1. The summed E-state index contributed by atoms with van der Waals surface area (Å²) in [5.74, 6) is -0.0128. The quantitative estimate of drug-likeness (QED) is 0.597. The van der Waals surface area contributed by atoms with Gasteiger partial charge in [0, 0.05) is 19.7 Å². The SMILES string of the molecule is CC(=O)N1CC=C2C1=CC=CN2O. The number of amides is 1. The van der Waals surface area contributed by atoms with E-state index in [9.17, 15) is 10.0 Å². The summed E-state index contributed by atoms with van der Waals surface area (Å²) < 4.78 is 0. The third kappa shape index (κ3) is 1.15. The maximum atomic E-state index is 11.1. The second kappa shape index (κ2) is 2.74. The third-order valence-corrected chi connectivity index (χ3v) is 2.13. The summed E-state index contributed by atoms with van der Waals surface area (Å²) in [6.07, 6.45) is 6.87. The lowest BCUT2D eigenvalue weighted by Crippen LogP contribution is -2.27. The molecule has 2 heterocycles. The molecule has 1 amide bonds. The Kier molecular flexibility index (Phi) is 1.70. The van der Waals surface area contributed by atoms with Gasteiger partial charge in [-0.1, -0.05) is 0 Å². The molecular weight excluding hydrogens is 168 g/mol. The van der Waals surface area contributed by atoms with E-state index in [1.54, 1.807) is 17.2 Å². The van der Waals surface area contributed by atoms with Gasteiger partial charge in [0.15, 0.2) is 0 Å². The van der Waals surface area contributed by atoms with Crippen LogP contribution in [-0.2, 0) is 4.79 Å². The Labute approximate surface area is 76.0 Å². The van der Waals surface area contributed by atoms with Crippen LogP contribution in [0.2, 0.25) is 0 Å². The van der Waals surface area contributed by atoms with E-state index in [1.165, 1.54) is 6.92 Å². The molecule has 2 aliphatic rings. The Balaban J connectivity index is 2.34. The van der Waals surface area contributed by atoms with E-state index in [-0.39, 0.29) is 5.91 Å². The highest BCUT2D eigenvalue weighted by atomic mass is 16.5. The Morgan fingerprint density at radius 1 is 1.54 bits per heavy atom. The lowest BCUT2D eigenvalue weighted by Gasteiger charge is -2.23. The van der Waals surface area contributed by atoms with Crippen LogP contribution < -0.4 is 0 Å². The van der Waals surface area contributed by atoms with Gasteiger partial charge in [-0.25, -0.2) is 5.06 Å². The average Bonchev–Trinajstić information content (AvgIpc) is 2.48. The zero-order chi connectivity index (χ0) is 9.42. The van der Waals surface area contributed by atoms with Crippen LogP contribution in [0.5, 0.6) is 0 Å². The van der Waals surface area contributed by atoms with Gasteiger partial charge in [0.2, 0.25) is 5.91 Å². The zero-order valence-corrected chi connectivity index (χ0v) is 7.27. The van der Waals surface area contributed by atoms with Crippen LogP contribution in [0.3, 0.4) is 0 Å². The normalized spacial score (nSPS) is 19.8. The van der Waals surface area contributed by atoms with Crippen molar-refractivity contribution in [2.45, 2.75) is 6.92 Å². The van der Waals surface area contributed by atoms with E-state index < -0.39 is 0 Å². The molecule has 0 saturated carbocycles. The van der Waals surface area contributed by atoms with E-state index in [4.69, 9.17) is 0 Å². The summed E-state index contributed by atoms with van der Waals surface area (Å²) in [6, 6.07) is 0. The summed E-state index contributed by atoms with van der Waals surface area (Å²) >= 11 is 0. The predicted octanol–water partition coefficient (Wildman–Crippen LogP) is 0.835. The van der Waals surface area contributed by atoms with Gasteiger partial charge in [0.25, 0.3) is 0 Å². The van der Waals surface area contributed by atoms with Crippen molar-refractivity contribution < 1.29 is 10.0 Å². The molecular formula is C9H10N2O2. The molecule has 4 nitrogen and oxygen atoms in total. The minimum Gasteiger partial charge on any atom is -0.307 e. The zero-order valence-electron chi connectivity index (χ0n) is 7.27. The molecule has 2 aliphatic heterocycles. The van der Waals surface area contributed by atoms with E-state index in [2.05, 4.69) is 0 Å². The lowest BCUT2D eigenvalue weighted by molar-refractivity contribution is -0.126. The average molecular weight is 178 g/mol. The van der Waals surface area contributed by atoms with Crippen LogP contribution in [0.4, 0.5) is 0 Å². The van der Waals surface area contributed by atoms with Gasteiger partial charge in [0.1, 0.15) is 0 Å². The standard InChI is InChI=1S/C9H10N2O2/c1-7(12)10-6-4-9-8(10)3-2-5-11(9)13/h2-5,13H,6H2,1H3. The molecule has 0 aromatic heterocycles. The molecule has 13 heavy (non-hydrogen) atoms. The third-order valence-electron chi connectivity index (χ3n) is 2.13. The number of allylic oxidation sites excluding steroid dienone is 2. The number of carbonyl (C=O) groups is 1. The summed E-state index contributed by atoms with van der Waals surface area (Å²) in [7, 11) is 0. The fourth-order valence-electron chi connectivity index (χ4n) is 1.50. The smallest absolute Gasteiger partial charge is 0.224 e. The Morgan fingerprint density at radius 3 is 3.00 bits per heavy atom. The number of hydroxylamine groups is 2. The minimum atomic E-state index is -0.0128. The molecule has 1 N–H and O–H groups in total. The minimum absolute atomic E-state index is 0.0128. The van der Waals surface area contributed by atoms with Crippen LogP contribution in [0.25, 0.3) is 0 Å². The largest absolute Gasteiger partial charge is 0.307 e. The van der Waals surface area contributed by atoms with Gasteiger partial charge in [-0.05, 0) is 18.2 Å². The van der Waals surface area contributed by atoms with Crippen LogP contribution in [-0.4, -0.2) is 27.6 Å². The van der Waals surface area contributed by atoms with Crippen molar-refractivity contribution in [3.05, 3.63) is 35.8 Å². The van der Waals surface area contributed by atoms with Crippen molar-refractivity contribution in [1.82, 2.24) is 9.96 Å². The monoisotopic (exact) mass is 178 g/mol. The highest BCUT2D eigenvalue weighted by molar-refractivity contribution is 5.77. The van der Waals surface area contributed by atoms with E-state index in [0.29, 0.717) is 12.2 Å². The Bertz CT molecular complexity index is 342. The molecule has 0 aliphatic carbocycles. The van der Waals surface area contributed by atoms with Gasteiger partial charge < -0.3 is 4.90 Å². The highest BCUT2D eigenvalue weighted by Crippen LogP contribution is 2.27. The van der Waals surface area contributed by atoms with E-state index in [0.717, 1.165) is 10.8 Å². The first-order valence-corrected chi connectivity index (χ1v) is 4.05. The molecule has 0 bridgehead atoms.